The highest BCUT2D eigenvalue weighted by Crippen LogP contribution is 2.24. The van der Waals surface area contributed by atoms with Gasteiger partial charge in [-0.15, -0.1) is 0 Å². The molecule has 22 heavy (non-hydrogen) atoms. The number of rotatable bonds is 3. The van der Waals surface area contributed by atoms with Gasteiger partial charge in [-0.1, -0.05) is 30.3 Å². The predicted molar refractivity (Wildman–Crippen MR) is 80.3 cm³/mol. The van der Waals surface area contributed by atoms with Crippen LogP contribution in [0.3, 0.4) is 0 Å². The number of hydrogen-bond acceptors (Lipinski definition) is 5. The van der Waals surface area contributed by atoms with E-state index in [9.17, 15) is 9.59 Å². The summed E-state index contributed by atoms with van der Waals surface area (Å²) in [7, 11) is 0. The van der Waals surface area contributed by atoms with Crippen molar-refractivity contribution in [1.29, 1.82) is 0 Å². The van der Waals surface area contributed by atoms with Crippen molar-refractivity contribution >= 4 is 16.9 Å². The highest BCUT2D eigenvalue weighted by molar-refractivity contribution is 5.82. The maximum atomic E-state index is 12.1. The molecule has 0 spiro atoms. The third-order valence-electron chi connectivity index (χ3n) is 3.05. The van der Waals surface area contributed by atoms with Gasteiger partial charge >= 0.3 is 11.6 Å². The summed E-state index contributed by atoms with van der Waals surface area (Å²) < 4.78 is 5.32. The molecule has 0 saturated carbocycles. The fourth-order valence-corrected chi connectivity index (χ4v) is 2.07. The number of carbonyl (C=O) groups is 1. The Kier molecular flexibility index (Phi) is 3.62. The number of hydrogen-bond donors (Lipinski definition) is 0. The summed E-state index contributed by atoms with van der Waals surface area (Å²) in [6.07, 6.45) is 0. The van der Waals surface area contributed by atoms with Gasteiger partial charge in [-0.2, -0.15) is 0 Å². The zero-order valence-corrected chi connectivity index (χ0v) is 11.7. The van der Waals surface area contributed by atoms with Gasteiger partial charge in [0.25, 0.3) is 0 Å². The Hall–Kier alpha value is -3.08. The van der Waals surface area contributed by atoms with Gasteiger partial charge in [-0.3, -0.25) is 9.78 Å². The lowest BCUT2D eigenvalue weighted by atomic mass is 10.1. The Bertz CT molecular complexity index is 880. The van der Waals surface area contributed by atoms with E-state index in [0.717, 1.165) is 10.9 Å². The first kappa shape index (κ1) is 13.9. The van der Waals surface area contributed by atoms with E-state index in [1.807, 2.05) is 30.3 Å². The van der Waals surface area contributed by atoms with Crippen LogP contribution in [0.15, 0.2) is 63.8 Å². The smallest absolute Gasteiger partial charge is 0.352 e. The monoisotopic (exact) mass is 296 g/mol. The van der Waals surface area contributed by atoms with Crippen molar-refractivity contribution in [3.8, 4) is 16.9 Å². The van der Waals surface area contributed by atoms with E-state index in [2.05, 4.69) is 4.89 Å². The molecule has 110 valence electrons. The van der Waals surface area contributed by atoms with Crippen LogP contribution in [-0.4, -0.2) is 5.97 Å². The fraction of sp³-hybridized carbons (Fsp3) is 0.0588. The van der Waals surface area contributed by atoms with E-state index in [1.165, 1.54) is 13.0 Å². The quantitative estimate of drug-likeness (QED) is 0.421. The SMILES string of the molecule is CC(=O)OOc1ccc2cc(-c3ccccc3)c(=O)oc2c1. The lowest BCUT2D eigenvalue weighted by Crippen LogP contribution is -2.04. The van der Waals surface area contributed by atoms with Crippen LogP contribution in [0, 0.1) is 0 Å². The Morgan fingerprint density at radius 2 is 1.82 bits per heavy atom. The molecule has 0 unspecified atom stereocenters. The number of carbonyl (C=O) groups excluding carboxylic acids is 1. The summed E-state index contributed by atoms with van der Waals surface area (Å²) in [5, 5.41) is 0.744. The van der Waals surface area contributed by atoms with E-state index < -0.39 is 11.6 Å². The van der Waals surface area contributed by atoms with Crippen LogP contribution in [0.5, 0.6) is 5.75 Å². The van der Waals surface area contributed by atoms with Crippen LogP contribution in [-0.2, 0) is 9.68 Å². The van der Waals surface area contributed by atoms with E-state index in [4.69, 9.17) is 9.30 Å². The molecule has 1 heterocycles. The normalized spacial score (nSPS) is 10.4. The topological polar surface area (TPSA) is 65.7 Å². The Balaban J connectivity index is 2.03. The van der Waals surface area contributed by atoms with Crippen LogP contribution in [0.25, 0.3) is 22.1 Å². The maximum absolute atomic E-state index is 12.1. The molecule has 0 amide bonds. The van der Waals surface area contributed by atoms with Crippen molar-refractivity contribution in [3.05, 3.63) is 65.0 Å². The van der Waals surface area contributed by atoms with Crippen LogP contribution < -0.4 is 10.5 Å². The third-order valence-corrected chi connectivity index (χ3v) is 3.05. The first-order chi connectivity index (χ1) is 10.6. The zero-order chi connectivity index (χ0) is 15.5. The largest absolute Gasteiger partial charge is 0.422 e. The molecule has 3 aromatic rings. The van der Waals surface area contributed by atoms with Gasteiger partial charge in [0.05, 0.1) is 5.56 Å². The van der Waals surface area contributed by atoms with E-state index in [0.29, 0.717) is 11.1 Å². The molecular formula is C17H12O5. The molecule has 0 fully saturated rings. The molecule has 3 rings (SSSR count). The van der Waals surface area contributed by atoms with Crippen molar-refractivity contribution in [2.45, 2.75) is 6.92 Å². The molecule has 0 saturated heterocycles. The van der Waals surface area contributed by atoms with Crippen LogP contribution in [0.4, 0.5) is 0 Å². The van der Waals surface area contributed by atoms with Gasteiger partial charge in [-0.25, -0.2) is 9.59 Å². The van der Waals surface area contributed by atoms with Crippen LogP contribution in [0.2, 0.25) is 0 Å². The molecule has 0 atom stereocenters. The van der Waals surface area contributed by atoms with E-state index >= 15 is 0 Å². The van der Waals surface area contributed by atoms with Gasteiger partial charge in [0.15, 0.2) is 5.75 Å². The molecule has 0 aliphatic rings. The first-order valence-electron chi connectivity index (χ1n) is 6.62. The second-order valence-corrected chi connectivity index (χ2v) is 4.67. The minimum Gasteiger partial charge on any atom is -0.422 e. The first-order valence-corrected chi connectivity index (χ1v) is 6.62. The minimum absolute atomic E-state index is 0.276. The molecular weight excluding hydrogens is 284 g/mol. The lowest BCUT2D eigenvalue weighted by Gasteiger charge is -2.05. The van der Waals surface area contributed by atoms with Gasteiger partial charge in [0.1, 0.15) is 5.58 Å². The Labute approximate surface area is 125 Å². The lowest BCUT2D eigenvalue weighted by molar-refractivity contribution is -0.210. The van der Waals surface area contributed by atoms with Crippen LogP contribution in [0.1, 0.15) is 6.92 Å². The number of benzene rings is 2. The average molecular weight is 296 g/mol. The molecule has 0 bridgehead atoms. The van der Waals surface area contributed by atoms with Crippen molar-refractivity contribution in [2.24, 2.45) is 0 Å². The fourth-order valence-electron chi connectivity index (χ4n) is 2.07. The molecule has 1 aromatic heterocycles. The molecule has 0 aliphatic heterocycles. The van der Waals surface area contributed by atoms with Crippen LogP contribution >= 0.6 is 0 Å². The summed E-state index contributed by atoms with van der Waals surface area (Å²) in [5.41, 5.74) is 1.19. The van der Waals surface area contributed by atoms with Gasteiger partial charge in [0, 0.05) is 18.4 Å². The number of fused-ring (bicyclic) bond motifs is 1. The second kappa shape index (κ2) is 5.73. The van der Waals surface area contributed by atoms with Crippen molar-refractivity contribution in [3.63, 3.8) is 0 Å². The predicted octanol–water partition coefficient (Wildman–Crippen LogP) is 3.32. The van der Waals surface area contributed by atoms with Crippen molar-refractivity contribution in [2.75, 3.05) is 0 Å². The van der Waals surface area contributed by atoms with Crippen molar-refractivity contribution < 1.29 is 19.0 Å². The summed E-state index contributed by atoms with van der Waals surface area (Å²) >= 11 is 0. The molecule has 5 nitrogen and oxygen atoms in total. The molecule has 5 heteroatoms. The summed E-state index contributed by atoms with van der Waals surface area (Å²) in [6, 6.07) is 15.9. The Morgan fingerprint density at radius 1 is 1.05 bits per heavy atom. The summed E-state index contributed by atoms with van der Waals surface area (Å²) in [4.78, 5) is 32.1. The van der Waals surface area contributed by atoms with Gasteiger partial charge in [0.2, 0.25) is 0 Å². The van der Waals surface area contributed by atoms with E-state index in [-0.39, 0.29) is 5.75 Å². The third kappa shape index (κ3) is 2.83. The highest BCUT2D eigenvalue weighted by Gasteiger charge is 2.09. The average Bonchev–Trinajstić information content (AvgIpc) is 2.53. The minimum atomic E-state index is -0.569. The standard InChI is InChI=1S/C17H12O5/c1-11(18)21-22-14-8-7-13-9-15(12-5-3-2-4-6-12)17(19)20-16(13)10-14/h2-10H,1H3. The zero-order valence-electron chi connectivity index (χ0n) is 11.7. The highest BCUT2D eigenvalue weighted by atomic mass is 17.2. The molecule has 0 aliphatic carbocycles. The molecule has 0 N–H and O–H groups in total. The van der Waals surface area contributed by atoms with Gasteiger partial charge < -0.3 is 4.42 Å². The van der Waals surface area contributed by atoms with Crippen molar-refractivity contribution in [1.82, 2.24) is 0 Å². The molecule has 2 aromatic carbocycles. The summed E-state index contributed by atoms with van der Waals surface area (Å²) in [6.45, 7) is 1.23. The maximum Gasteiger partial charge on any atom is 0.352 e. The molecule has 0 radical (unpaired) electrons. The van der Waals surface area contributed by atoms with E-state index in [1.54, 1.807) is 18.2 Å². The Morgan fingerprint density at radius 3 is 2.55 bits per heavy atom. The second-order valence-electron chi connectivity index (χ2n) is 4.67. The summed E-state index contributed by atoms with van der Waals surface area (Å²) in [5.74, 6) is -0.292. The van der Waals surface area contributed by atoms with Gasteiger partial charge in [-0.05, 0) is 23.8 Å².